The Morgan fingerprint density at radius 1 is 0.967 bits per heavy atom. The molecule has 2 heterocycles. The maximum absolute atomic E-state index is 13.2. The van der Waals surface area contributed by atoms with Gasteiger partial charge in [-0.05, 0) is 17.7 Å². The zero-order chi connectivity index (χ0) is 21.1. The fraction of sp³-hybridized carbons (Fsp3) is 0.217. The predicted molar refractivity (Wildman–Crippen MR) is 115 cm³/mol. The summed E-state index contributed by atoms with van der Waals surface area (Å²) in [5.41, 5.74) is 1.49. The van der Waals surface area contributed by atoms with Gasteiger partial charge >= 0.3 is 5.69 Å². The van der Waals surface area contributed by atoms with Gasteiger partial charge in [-0.25, -0.2) is 9.78 Å². The molecule has 0 aliphatic rings. The Kier molecular flexibility index (Phi) is 5.43. The molecule has 0 saturated carbocycles. The number of ketones is 1. The van der Waals surface area contributed by atoms with E-state index >= 15 is 0 Å². The largest absolute Gasteiger partial charge is 0.336 e. The third kappa shape index (κ3) is 3.74. The number of aryl methyl sites for hydroxylation is 1. The van der Waals surface area contributed by atoms with E-state index in [0.29, 0.717) is 36.0 Å². The normalized spacial score (nSPS) is 11.1. The smallest absolute Gasteiger partial charge is 0.331 e. The molecule has 7 heteroatoms. The van der Waals surface area contributed by atoms with Crippen LogP contribution in [0, 0.1) is 0 Å². The molecule has 0 unspecified atom stereocenters. The zero-order valence-electron chi connectivity index (χ0n) is 16.7. The average molecular weight is 402 g/mol. The van der Waals surface area contributed by atoms with Gasteiger partial charge in [-0.1, -0.05) is 43.3 Å². The number of aromatic nitrogens is 4. The van der Waals surface area contributed by atoms with Gasteiger partial charge in [0.05, 0.1) is 23.8 Å². The number of Topliss-reactive ketones (excluding diaryl/α,β-unsaturated/α-hetero) is 1. The summed E-state index contributed by atoms with van der Waals surface area (Å²) in [5, 5.41) is 0.500. The van der Waals surface area contributed by atoms with Gasteiger partial charge in [0, 0.05) is 37.5 Å². The lowest BCUT2D eigenvalue weighted by Gasteiger charge is -2.14. The summed E-state index contributed by atoms with van der Waals surface area (Å²) >= 11 is 0. The number of carbonyl (C=O) groups is 1. The predicted octanol–water partition coefficient (Wildman–Crippen LogP) is 2.70. The number of hydrogen-bond donors (Lipinski definition) is 0. The van der Waals surface area contributed by atoms with Crippen LogP contribution in [0.4, 0.5) is 0 Å². The summed E-state index contributed by atoms with van der Waals surface area (Å²) in [4.78, 5) is 42.0. The molecule has 0 fully saturated rings. The van der Waals surface area contributed by atoms with Gasteiger partial charge in [-0.3, -0.25) is 18.7 Å². The lowest BCUT2D eigenvalue weighted by Crippen LogP contribution is -2.41. The topological polar surface area (TPSA) is 78.9 Å². The highest BCUT2D eigenvalue weighted by molar-refractivity contribution is 5.95. The van der Waals surface area contributed by atoms with Crippen molar-refractivity contribution in [2.24, 2.45) is 0 Å². The van der Waals surface area contributed by atoms with E-state index in [9.17, 15) is 14.4 Å². The molecule has 0 aliphatic heterocycles. The van der Waals surface area contributed by atoms with Crippen molar-refractivity contribution in [3.05, 3.63) is 99.2 Å². The molecular weight excluding hydrogens is 380 g/mol. The van der Waals surface area contributed by atoms with Crippen LogP contribution in [0.15, 0.2) is 76.8 Å². The molecule has 30 heavy (non-hydrogen) atoms. The molecule has 0 amide bonds. The first-order chi connectivity index (χ1) is 14.6. The van der Waals surface area contributed by atoms with Crippen LogP contribution in [0.2, 0.25) is 0 Å². The molecule has 0 spiro atoms. The molecule has 0 atom stereocenters. The Labute approximate surface area is 172 Å². The maximum atomic E-state index is 13.2. The molecule has 0 aliphatic carbocycles. The molecule has 0 bridgehead atoms. The van der Waals surface area contributed by atoms with Crippen molar-refractivity contribution in [1.29, 1.82) is 0 Å². The third-order valence-electron chi connectivity index (χ3n) is 5.21. The van der Waals surface area contributed by atoms with Crippen LogP contribution in [-0.4, -0.2) is 24.5 Å². The first-order valence-corrected chi connectivity index (χ1v) is 9.88. The summed E-state index contributed by atoms with van der Waals surface area (Å²) in [6.07, 6.45) is 5.56. The maximum Gasteiger partial charge on any atom is 0.331 e. The van der Waals surface area contributed by atoms with Gasteiger partial charge in [0.2, 0.25) is 0 Å². The minimum atomic E-state index is -0.354. The molecule has 2 aromatic heterocycles. The van der Waals surface area contributed by atoms with E-state index < -0.39 is 0 Å². The van der Waals surface area contributed by atoms with Crippen LogP contribution in [0.3, 0.4) is 0 Å². The Morgan fingerprint density at radius 3 is 2.43 bits per heavy atom. The Balaban J connectivity index is 1.75. The fourth-order valence-electron chi connectivity index (χ4n) is 3.54. The number of rotatable bonds is 7. The van der Waals surface area contributed by atoms with E-state index in [2.05, 4.69) is 4.98 Å². The van der Waals surface area contributed by atoms with E-state index in [1.807, 2.05) is 29.7 Å². The molecule has 4 rings (SSSR count). The van der Waals surface area contributed by atoms with Crippen LogP contribution in [0.5, 0.6) is 0 Å². The SMILES string of the molecule is CCC(=O)c1ccc(Cn2c(=O)n(CCn3ccnc3)c(=O)c3ccccc32)cc1. The van der Waals surface area contributed by atoms with Gasteiger partial charge in [-0.2, -0.15) is 0 Å². The van der Waals surface area contributed by atoms with E-state index in [1.54, 1.807) is 53.6 Å². The Morgan fingerprint density at radius 2 is 1.73 bits per heavy atom. The first-order valence-electron chi connectivity index (χ1n) is 9.88. The van der Waals surface area contributed by atoms with E-state index in [0.717, 1.165) is 5.56 Å². The van der Waals surface area contributed by atoms with Gasteiger partial charge in [-0.15, -0.1) is 0 Å². The average Bonchev–Trinajstić information content (AvgIpc) is 3.30. The molecule has 7 nitrogen and oxygen atoms in total. The molecule has 152 valence electrons. The van der Waals surface area contributed by atoms with Gasteiger partial charge in [0.25, 0.3) is 5.56 Å². The molecule has 0 radical (unpaired) electrons. The van der Waals surface area contributed by atoms with Crippen LogP contribution < -0.4 is 11.2 Å². The van der Waals surface area contributed by atoms with E-state index in [-0.39, 0.29) is 23.6 Å². The highest BCUT2D eigenvalue weighted by atomic mass is 16.2. The van der Waals surface area contributed by atoms with E-state index in [1.165, 1.54) is 4.57 Å². The fourth-order valence-corrected chi connectivity index (χ4v) is 3.54. The number of carbonyl (C=O) groups excluding carboxylic acids is 1. The molecule has 0 N–H and O–H groups in total. The van der Waals surface area contributed by atoms with Crippen LogP contribution in [0.25, 0.3) is 10.9 Å². The zero-order valence-corrected chi connectivity index (χ0v) is 16.7. The van der Waals surface area contributed by atoms with Crippen molar-refractivity contribution >= 4 is 16.7 Å². The number of imidazole rings is 1. The van der Waals surface area contributed by atoms with Crippen molar-refractivity contribution in [3.8, 4) is 0 Å². The second-order valence-corrected chi connectivity index (χ2v) is 7.12. The minimum Gasteiger partial charge on any atom is -0.336 e. The lowest BCUT2D eigenvalue weighted by atomic mass is 10.1. The minimum absolute atomic E-state index is 0.0808. The summed E-state index contributed by atoms with van der Waals surface area (Å²) in [6, 6.07) is 14.4. The Bertz CT molecular complexity index is 1300. The lowest BCUT2D eigenvalue weighted by molar-refractivity contribution is 0.0988. The molecule has 4 aromatic rings. The van der Waals surface area contributed by atoms with Gasteiger partial charge in [0.15, 0.2) is 5.78 Å². The van der Waals surface area contributed by atoms with Gasteiger partial charge < -0.3 is 4.57 Å². The van der Waals surface area contributed by atoms with Crippen molar-refractivity contribution in [3.63, 3.8) is 0 Å². The highest BCUT2D eigenvalue weighted by Crippen LogP contribution is 2.12. The van der Waals surface area contributed by atoms with Gasteiger partial charge in [0.1, 0.15) is 0 Å². The molecule has 2 aromatic carbocycles. The second-order valence-electron chi connectivity index (χ2n) is 7.12. The van der Waals surface area contributed by atoms with E-state index in [4.69, 9.17) is 0 Å². The summed E-state index contributed by atoms with van der Waals surface area (Å²) < 4.78 is 4.72. The van der Waals surface area contributed by atoms with Crippen LogP contribution in [-0.2, 0) is 19.6 Å². The number of para-hydroxylation sites is 1. The highest BCUT2D eigenvalue weighted by Gasteiger charge is 2.13. The van der Waals surface area contributed by atoms with Crippen molar-refractivity contribution < 1.29 is 4.79 Å². The van der Waals surface area contributed by atoms with Crippen LogP contribution >= 0.6 is 0 Å². The monoisotopic (exact) mass is 402 g/mol. The second kappa shape index (κ2) is 8.32. The summed E-state index contributed by atoms with van der Waals surface area (Å²) in [6.45, 7) is 2.87. The van der Waals surface area contributed by atoms with Crippen molar-refractivity contribution in [1.82, 2.24) is 18.7 Å². The quantitative estimate of drug-likeness (QED) is 0.445. The standard InChI is InChI=1S/C23H22N4O3/c1-2-21(28)18-9-7-17(8-10-18)15-27-20-6-4-3-5-19(20)22(29)26(23(27)30)14-13-25-12-11-24-16-25/h3-12,16H,2,13-15H2,1H3. The number of benzene rings is 2. The number of fused-ring (bicyclic) bond motifs is 1. The summed E-state index contributed by atoms with van der Waals surface area (Å²) in [5.74, 6) is 0.0808. The first kappa shape index (κ1) is 19.6. The molecule has 0 saturated heterocycles. The third-order valence-corrected chi connectivity index (χ3v) is 5.21. The number of hydrogen-bond acceptors (Lipinski definition) is 4. The molecular formula is C23H22N4O3. The summed E-state index contributed by atoms with van der Waals surface area (Å²) in [7, 11) is 0. The van der Waals surface area contributed by atoms with Crippen LogP contribution in [0.1, 0.15) is 29.3 Å². The Hall–Kier alpha value is -3.74. The van der Waals surface area contributed by atoms with Crippen molar-refractivity contribution in [2.45, 2.75) is 33.0 Å². The number of nitrogens with zero attached hydrogens (tertiary/aromatic N) is 4. The van der Waals surface area contributed by atoms with Crippen molar-refractivity contribution in [2.75, 3.05) is 0 Å².